The third kappa shape index (κ3) is 24.5. The molecule has 0 amide bonds. The van der Waals surface area contributed by atoms with Crippen molar-refractivity contribution in [1.82, 2.24) is 0 Å². The van der Waals surface area contributed by atoms with E-state index in [1.54, 1.807) is 34.6 Å². The molecule has 0 aromatic heterocycles. The van der Waals surface area contributed by atoms with Gasteiger partial charge in [0.2, 0.25) is 0 Å². The zero-order valence-electron chi connectivity index (χ0n) is 25.4. The Bertz CT molecular complexity index is 555. The van der Waals surface area contributed by atoms with E-state index in [9.17, 15) is 29.7 Å². The van der Waals surface area contributed by atoms with Crippen LogP contribution in [0.1, 0.15) is 159 Å². The van der Waals surface area contributed by atoms with Gasteiger partial charge in [-0.05, 0) is 25.7 Å². The van der Waals surface area contributed by atoms with E-state index >= 15 is 0 Å². The quantitative estimate of drug-likeness (QED) is 0.185. The number of unbranched alkanes of at least 4 members (excludes halogenated alkanes) is 8. The average molecular weight is 673 g/mol. The van der Waals surface area contributed by atoms with Crippen molar-refractivity contribution in [3.63, 3.8) is 0 Å². The topological polar surface area (TPSA) is 120 Å². The molecular formula is C30H57O6Tb. The minimum absolute atomic E-state index is 0. The molecule has 37 heavy (non-hydrogen) atoms. The molecule has 0 radical (unpaired) electrons. The number of hydrogen-bond donors (Lipinski definition) is 0. The molecule has 0 N–H and O–H groups in total. The maximum absolute atomic E-state index is 10.7. The van der Waals surface area contributed by atoms with Crippen LogP contribution in [-0.4, -0.2) is 17.9 Å². The molecule has 1 atom stereocenters. The van der Waals surface area contributed by atoms with Gasteiger partial charge in [0.1, 0.15) is 0 Å². The summed E-state index contributed by atoms with van der Waals surface area (Å²) < 4.78 is 0. The molecule has 0 fully saturated rings. The molecule has 0 aliphatic heterocycles. The van der Waals surface area contributed by atoms with Crippen molar-refractivity contribution in [3.8, 4) is 0 Å². The summed E-state index contributed by atoms with van der Waals surface area (Å²) in [4.78, 5) is 31.9. The summed E-state index contributed by atoms with van der Waals surface area (Å²) in [6.07, 6.45) is 15.1. The van der Waals surface area contributed by atoms with Gasteiger partial charge < -0.3 is 29.7 Å². The Hall–Kier alpha value is -0.304. The van der Waals surface area contributed by atoms with Crippen LogP contribution in [0, 0.1) is 54.9 Å². The van der Waals surface area contributed by atoms with Gasteiger partial charge in [-0.1, -0.05) is 133 Å². The van der Waals surface area contributed by atoms with Crippen LogP contribution >= 0.6 is 0 Å². The Morgan fingerprint density at radius 1 is 0.486 bits per heavy atom. The molecule has 0 saturated heterocycles. The third-order valence-electron chi connectivity index (χ3n) is 7.02. The second kappa shape index (κ2) is 24.7. The van der Waals surface area contributed by atoms with Crippen LogP contribution in [0.25, 0.3) is 0 Å². The molecule has 1 unspecified atom stereocenters. The Kier molecular flexibility index (Phi) is 29.2. The van der Waals surface area contributed by atoms with Crippen LogP contribution in [0.5, 0.6) is 0 Å². The molecule has 0 aromatic carbocycles. The number of hydrogen-bond acceptors (Lipinski definition) is 6. The Balaban J connectivity index is -0.000000218. The number of carboxylic acid groups (broad SMARTS) is 3. The molecule has 0 saturated carbocycles. The zero-order chi connectivity index (χ0) is 28.8. The second-order valence-corrected chi connectivity index (χ2v) is 11.6. The fourth-order valence-corrected chi connectivity index (χ4v) is 3.38. The smallest absolute Gasteiger partial charge is 0.550 e. The summed E-state index contributed by atoms with van der Waals surface area (Å²) in [5.41, 5.74) is -1.89. The Labute approximate surface area is 259 Å². The van der Waals surface area contributed by atoms with E-state index in [2.05, 4.69) is 20.8 Å². The molecule has 0 aromatic rings. The summed E-state index contributed by atoms with van der Waals surface area (Å²) in [6, 6.07) is 0. The molecule has 6 nitrogen and oxygen atoms in total. The van der Waals surface area contributed by atoms with Crippen LogP contribution < -0.4 is 15.3 Å². The number of carbonyl (C=O) groups excluding carboxylic acids is 3. The van der Waals surface area contributed by atoms with E-state index in [4.69, 9.17) is 0 Å². The fourth-order valence-electron chi connectivity index (χ4n) is 3.38. The number of rotatable bonds is 18. The van der Waals surface area contributed by atoms with Gasteiger partial charge in [0.15, 0.2) is 0 Å². The monoisotopic (exact) mass is 672 g/mol. The third-order valence-corrected chi connectivity index (χ3v) is 7.02. The van der Waals surface area contributed by atoms with E-state index in [0.29, 0.717) is 6.42 Å². The summed E-state index contributed by atoms with van der Waals surface area (Å²) in [5, 5.41) is 31.9. The standard InChI is InChI=1S/3C10H20O2.Tb/c2*1-4-5-6-7-8-10(2,3)9(11)12;1-4-6-7-8-10(3,5-2)9(11)12;/h3*4-8H2,1-3H3,(H,11,12);/q;;;+3/p-3. The molecule has 0 bridgehead atoms. The zero-order valence-corrected chi connectivity index (χ0v) is 27.5. The van der Waals surface area contributed by atoms with Crippen molar-refractivity contribution >= 4 is 17.9 Å². The molecule has 0 heterocycles. The number of carbonyl (C=O) groups is 3. The molecule has 222 valence electrons. The van der Waals surface area contributed by atoms with E-state index < -0.39 is 34.2 Å². The van der Waals surface area contributed by atoms with Crippen molar-refractivity contribution in [2.24, 2.45) is 16.2 Å². The predicted molar refractivity (Wildman–Crippen MR) is 143 cm³/mol. The van der Waals surface area contributed by atoms with Crippen molar-refractivity contribution in [1.29, 1.82) is 0 Å². The van der Waals surface area contributed by atoms with Gasteiger partial charge in [-0.25, -0.2) is 0 Å². The predicted octanol–water partition coefficient (Wildman–Crippen LogP) is 5.20. The summed E-state index contributed by atoms with van der Waals surface area (Å²) in [5.74, 6) is -2.76. The summed E-state index contributed by atoms with van der Waals surface area (Å²) >= 11 is 0. The first-order chi connectivity index (χ1) is 16.6. The van der Waals surface area contributed by atoms with E-state index in [1.807, 2.05) is 6.92 Å². The van der Waals surface area contributed by atoms with Crippen molar-refractivity contribution in [3.05, 3.63) is 0 Å². The Morgan fingerprint density at radius 2 is 0.784 bits per heavy atom. The second-order valence-electron chi connectivity index (χ2n) is 11.6. The first kappa shape index (κ1) is 43.7. The van der Waals surface area contributed by atoms with Crippen LogP contribution in [0.2, 0.25) is 0 Å². The number of aliphatic carboxylic acids is 3. The van der Waals surface area contributed by atoms with Crippen molar-refractivity contribution in [2.45, 2.75) is 159 Å². The van der Waals surface area contributed by atoms with Crippen molar-refractivity contribution in [2.75, 3.05) is 0 Å². The molecule has 0 spiro atoms. The van der Waals surface area contributed by atoms with Crippen LogP contribution in [0.15, 0.2) is 0 Å². The first-order valence-corrected chi connectivity index (χ1v) is 14.2. The maximum atomic E-state index is 10.7. The van der Waals surface area contributed by atoms with Gasteiger partial charge in [-0.3, -0.25) is 0 Å². The summed E-state index contributed by atoms with van der Waals surface area (Å²) in [7, 11) is 0. The van der Waals surface area contributed by atoms with Gasteiger partial charge in [0.25, 0.3) is 0 Å². The SMILES string of the molecule is CCCCCC(C)(CC)C(=O)[O-].CCCCCCC(C)(C)C(=O)[O-].CCCCCCC(C)(C)C(=O)[O-].[Tb+3]. The molecule has 0 aliphatic carbocycles. The van der Waals surface area contributed by atoms with Gasteiger partial charge in [0.05, 0.1) is 0 Å². The molecule has 0 rings (SSSR count). The fraction of sp³-hybridized carbons (Fsp3) is 0.900. The Morgan fingerprint density at radius 3 is 1.03 bits per heavy atom. The van der Waals surface area contributed by atoms with E-state index in [-0.39, 0.29) is 38.6 Å². The molecule has 0 aliphatic rings. The van der Waals surface area contributed by atoms with Crippen LogP contribution in [0.3, 0.4) is 0 Å². The first-order valence-electron chi connectivity index (χ1n) is 14.2. The van der Waals surface area contributed by atoms with Crippen LogP contribution in [-0.2, 0) is 14.4 Å². The average Bonchev–Trinajstić information content (AvgIpc) is 2.80. The van der Waals surface area contributed by atoms with Crippen molar-refractivity contribution < 1.29 is 68.3 Å². The van der Waals surface area contributed by atoms with E-state index in [1.165, 1.54) is 25.7 Å². The van der Waals surface area contributed by atoms with E-state index in [0.717, 1.165) is 64.2 Å². The van der Waals surface area contributed by atoms with Gasteiger partial charge in [-0.15, -0.1) is 0 Å². The van der Waals surface area contributed by atoms with Gasteiger partial charge in [-0.2, -0.15) is 0 Å². The normalized spacial score (nSPS) is 12.6. The molecule has 7 heteroatoms. The number of carboxylic acids is 3. The molecular weight excluding hydrogens is 615 g/mol. The van der Waals surface area contributed by atoms with Gasteiger partial charge >= 0.3 is 38.6 Å². The largest absolute Gasteiger partial charge is 3.00 e. The minimum atomic E-state index is -0.931. The van der Waals surface area contributed by atoms with Gasteiger partial charge in [0, 0.05) is 34.2 Å². The van der Waals surface area contributed by atoms with Crippen LogP contribution in [0.4, 0.5) is 0 Å². The minimum Gasteiger partial charge on any atom is -0.550 e. The maximum Gasteiger partial charge on any atom is 3.00 e. The summed E-state index contributed by atoms with van der Waals surface area (Å²) in [6.45, 7) is 17.0.